The van der Waals surface area contributed by atoms with Gasteiger partial charge in [-0.1, -0.05) is 6.07 Å². The molecule has 2 aliphatic rings. The number of fused-ring (bicyclic) bond motifs is 1. The minimum Gasteiger partial charge on any atom is -0.370 e. The van der Waals surface area contributed by atoms with Crippen LogP contribution in [0.5, 0.6) is 0 Å². The van der Waals surface area contributed by atoms with Crippen molar-refractivity contribution in [3.63, 3.8) is 0 Å². The number of hydrogen-bond donors (Lipinski definition) is 2. The Bertz CT molecular complexity index is 941. The quantitative estimate of drug-likeness (QED) is 0.831. The molecule has 0 saturated heterocycles. The molecule has 1 saturated carbocycles. The normalized spacial score (nSPS) is 17.1. The van der Waals surface area contributed by atoms with Gasteiger partial charge in [0.25, 0.3) is 0 Å². The Morgan fingerprint density at radius 1 is 1.23 bits per heavy atom. The zero-order valence-corrected chi connectivity index (χ0v) is 15.6. The van der Waals surface area contributed by atoms with Gasteiger partial charge >= 0.3 is 0 Å². The largest absolute Gasteiger partial charge is 0.370 e. The maximum absolute atomic E-state index is 11.6. The lowest BCUT2D eigenvalue weighted by Gasteiger charge is -2.30. The zero-order chi connectivity index (χ0) is 18.3. The second kappa shape index (κ2) is 6.51. The van der Waals surface area contributed by atoms with Gasteiger partial charge in [-0.15, -0.1) is 0 Å². The summed E-state index contributed by atoms with van der Waals surface area (Å²) in [6, 6.07) is 7.12. The maximum Gasteiger partial charge on any atom is 0.238 e. The molecule has 7 nitrogen and oxygen atoms in total. The monoisotopic (exact) mass is 373 g/mol. The number of nitrogens with zero attached hydrogens (tertiary/aromatic N) is 3. The Kier molecular flexibility index (Phi) is 4.32. The van der Waals surface area contributed by atoms with Crippen molar-refractivity contribution in [2.45, 2.75) is 43.5 Å². The van der Waals surface area contributed by atoms with Crippen LogP contribution in [0.15, 0.2) is 29.2 Å². The van der Waals surface area contributed by atoms with E-state index in [1.807, 2.05) is 19.1 Å². The highest BCUT2D eigenvalue weighted by molar-refractivity contribution is 7.89. The third-order valence-electron chi connectivity index (χ3n) is 4.87. The van der Waals surface area contributed by atoms with Crippen LogP contribution >= 0.6 is 0 Å². The Hall–Kier alpha value is -2.19. The van der Waals surface area contributed by atoms with Crippen LogP contribution in [-0.4, -0.2) is 31.5 Å². The van der Waals surface area contributed by atoms with E-state index in [2.05, 4.69) is 15.2 Å². The molecule has 3 N–H and O–H groups in total. The molecular weight excluding hydrogens is 350 g/mol. The number of primary sulfonamides is 1. The minimum absolute atomic E-state index is 0.160. The Labute approximate surface area is 153 Å². The summed E-state index contributed by atoms with van der Waals surface area (Å²) in [5, 5.41) is 8.56. The molecule has 2 aromatic rings. The minimum atomic E-state index is -3.70. The summed E-state index contributed by atoms with van der Waals surface area (Å²) in [6.45, 7) is 4.31. The van der Waals surface area contributed by atoms with Gasteiger partial charge in [-0.3, -0.25) is 0 Å². The number of hydrogen-bond acceptors (Lipinski definition) is 6. The number of rotatable bonds is 5. The molecule has 1 aliphatic carbocycles. The molecule has 26 heavy (non-hydrogen) atoms. The average molecular weight is 373 g/mol. The molecule has 0 radical (unpaired) electrons. The van der Waals surface area contributed by atoms with Crippen LogP contribution in [0.25, 0.3) is 0 Å². The summed E-state index contributed by atoms with van der Waals surface area (Å²) >= 11 is 0. The van der Waals surface area contributed by atoms with Gasteiger partial charge in [-0.05, 0) is 49.4 Å². The van der Waals surface area contributed by atoms with Crippen molar-refractivity contribution in [2.75, 3.05) is 23.3 Å². The summed E-state index contributed by atoms with van der Waals surface area (Å²) in [6.07, 6.45) is 3.14. The predicted octanol–water partition coefficient (Wildman–Crippen LogP) is 2.00. The van der Waals surface area contributed by atoms with Crippen LogP contribution in [0.4, 0.5) is 11.6 Å². The molecule has 0 unspecified atom stereocenters. The molecule has 8 heteroatoms. The molecule has 0 spiro atoms. The first-order chi connectivity index (χ1) is 12.4. The number of aromatic nitrogens is 2. The van der Waals surface area contributed by atoms with Crippen molar-refractivity contribution >= 4 is 21.7 Å². The molecular formula is C18H23N5O2S. The predicted molar refractivity (Wildman–Crippen MR) is 101 cm³/mol. The van der Waals surface area contributed by atoms with E-state index < -0.39 is 10.0 Å². The molecule has 1 aromatic carbocycles. The first-order valence-electron chi connectivity index (χ1n) is 8.96. The summed E-state index contributed by atoms with van der Waals surface area (Å²) in [5.74, 6) is 3.12. The van der Waals surface area contributed by atoms with Crippen LogP contribution < -0.4 is 15.4 Å². The van der Waals surface area contributed by atoms with Gasteiger partial charge in [0.2, 0.25) is 10.0 Å². The van der Waals surface area contributed by atoms with Crippen molar-refractivity contribution in [3.05, 3.63) is 41.2 Å². The van der Waals surface area contributed by atoms with E-state index in [1.165, 1.54) is 0 Å². The Morgan fingerprint density at radius 2 is 2.04 bits per heavy atom. The van der Waals surface area contributed by atoms with E-state index in [-0.39, 0.29) is 4.90 Å². The van der Waals surface area contributed by atoms with Gasteiger partial charge in [0.15, 0.2) is 0 Å². The van der Waals surface area contributed by atoms with Crippen LogP contribution in [0.3, 0.4) is 0 Å². The first kappa shape index (κ1) is 17.2. The molecule has 0 bridgehead atoms. The van der Waals surface area contributed by atoms with Gasteiger partial charge < -0.3 is 10.2 Å². The van der Waals surface area contributed by atoms with E-state index in [0.29, 0.717) is 12.5 Å². The molecule has 0 amide bonds. The molecule has 1 aromatic heterocycles. The highest BCUT2D eigenvalue weighted by atomic mass is 32.2. The lowest BCUT2D eigenvalue weighted by molar-refractivity contribution is 0.597. The van der Waals surface area contributed by atoms with Crippen molar-refractivity contribution < 1.29 is 8.42 Å². The lowest BCUT2D eigenvalue weighted by Crippen LogP contribution is -2.31. The number of nitrogens with two attached hydrogens (primary N) is 1. The van der Waals surface area contributed by atoms with Gasteiger partial charge in [0, 0.05) is 31.6 Å². The SMILES string of the molecule is CCNc1cc(N2CCc3ccc(S(N)(=O)=O)cc3C2)nc(C2CC2)n1. The number of sulfonamides is 1. The van der Waals surface area contributed by atoms with E-state index in [9.17, 15) is 8.42 Å². The average Bonchev–Trinajstić information content (AvgIpc) is 3.45. The Balaban J connectivity index is 1.66. The number of anilines is 2. The fraction of sp³-hybridized carbons (Fsp3) is 0.444. The molecule has 1 fully saturated rings. The fourth-order valence-corrected chi connectivity index (χ4v) is 3.88. The van der Waals surface area contributed by atoms with Gasteiger partial charge in [-0.25, -0.2) is 23.5 Å². The van der Waals surface area contributed by atoms with E-state index in [0.717, 1.165) is 60.9 Å². The van der Waals surface area contributed by atoms with E-state index >= 15 is 0 Å². The number of benzene rings is 1. The zero-order valence-electron chi connectivity index (χ0n) is 14.8. The first-order valence-corrected chi connectivity index (χ1v) is 10.5. The Morgan fingerprint density at radius 3 is 2.73 bits per heavy atom. The summed E-state index contributed by atoms with van der Waals surface area (Å²) < 4.78 is 23.3. The van der Waals surface area contributed by atoms with Gasteiger partial charge in [0.1, 0.15) is 17.5 Å². The molecule has 0 atom stereocenters. The van der Waals surface area contributed by atoms with Crippen molar-refractivity contribution in [1.29, 1.82) is 0 Å². The standard InChI is InChI=1S/C18H23N5O2S/c1-2-20-16-10-17(22-18(21-16)13-3-4-13)23-8-7-12-5-6-15(26(19,24)25)9-14(12)11-23/h5-6,9-10,13H,2-4,7-8,11H2,1H3,(H2,19,24,25)(H,20,21,22). The lowest BCUT2D eigenvalue weighted by atomic mass is 10.00. The van der Waals surface area contributed by atoms with E-state index in [4.69, 9.17) is 10.1 Å². The number of nitrogens with one attached hydrogen (secondary N) is 1. The highest BCUT2D eigenvalue weighted by Crippen LogP contribution is 2.39. The molecule has 138 valence electrons. The summed E-state index contributed by atoms with van der Waals surface area (Å²) in [4.78, 5) is 11.7. The maximum atomic E-state index is 11.6. The molecule has 1 aliphatic heterocycles. The summed E-state index contributed by atoms with van der Waals surface area (Å²) in [5.41, 5.74) is 2.15. The van der Waals surface area contributed by atoms with Crippen molar-refractivity contribution in [3.8, 4) is 0 Å². The topological polar surface area (TPSA) is 101 Å². The third kappa shape index (κ3) is 3.52. The van der Waals surface area contributed by atoms with Gasteiger partial charge in [0.05, 0.1) is 4.90 Å². The fourth-order valence-electron chi connectivity index (χ4n) is 3.32. The second-order valence-corrected chi connectivity index (χ2v) is 8.48. The van der Waals surface area contributed by atoms with Crippen LogP contribution in [-0.2, 0) is 23.0 Å². The highest BCUT2D eigenvalue weighted by Gasteiger charge is 2.28. The third-order valence-corrected chi connectivity index (χ3v) is 5.78. The smallest absolute Gasteiger partial charge is 0.238 e. The van der Waals surface area contributed by atoms with Crippen LogP contribution in [0, 0.1) is 0 Å². The van der Waals surface area contributed by atoms with E-state index in [1.54, 1.807) is 12.1 Å². The van der Waals surface area contributed by atoms with Crippen molar-refractivity contribution in [2.24, 2.45) is 5.14 Å². The van der Waals surface area contributed by atoms with Crippen LogP contribution in [0.2, 0.25) is 0 Å². The second-order valence-electron chi connectivity index (χ2n) is 6.92. The molecule has 2 heterocycles. The van der Waals surface area contributed by atoms with Crippen LogP contribution in [0.1, 0.15) is 42.6 Å². The van der Waals surface area contributed by atoms with Gasteiger partial charge in [-0.2, -0.15) is 0 Å². The summed E-state index contributed by atoms with van der Waals surface area (Å²) in [7, 11) is -3.70. The van der Waals surface area contributed by atoms with Crippen molar-refractivity contribution in [1.82, 2.24) is 9.97 Å². The molecule has 4 rings (SSSR count).